The summed E-state index contributed by atoms with van der Waals surface area (Å²) in [5.41, 5.74) is 5.81. The van der Waals surface area contributed by atoms with E-state index in [4.69, 9.17) is 5.73 Å². The number of halogens is 1. The van der Waals surface area contributed by atoms with Crippen LogP contribution in [-0.4, -0.2) is 18.5 Å². The van der Waals surface area contributed by atoms with Crippen molar-refractivity contribution < 1.29 is 14.0 Å². The first-order valence-corrected chi connectivity index (χ1v) is 4.58. The molecular weight excluding hydrogens is 213 g/mol. The molecular formula is C10H12FN3O2. The van der Waals surface area contributed by atoms with Gasteiger partial charge in [-0.2, -0.15) is 0 Å². The first-order chi connectivity index (χ1) is 7.49. The number of benzene rings is 1. The Hall–Kier alpha value is -2.11. The van der Waals surface area contributed by atoms with Gasteiger partial charge in [-0.1, -0.05) is 6.07 Å². The molecule has 1 aromatic carbocycles. The lowest BCUT2D eigenvalue weighted by molar-refractivity contribution is -0.118. The van der Waals surface area contributed by atoms with Gasteiger partial charge in [0.25, 0.3) is 0 Å². The van der Waals surface area contributed by atoms with Gasteiger partial charge in [-0.3, -0.25) is 10.1 Å². The summed E-state index contributed by atoms with van der Waals surface area (Å²) in [6.07, 6.45) is 0. The van der Waals surface area contributed by atoms with E-state index >= 15 is 0 Å². The molecule has 0 atom stereocenters. The van der Waals surface area contributed by atoms with Crippen LogP contribution in [0, 0.1) is 12.7 Å². The zero-order chi connectivity index (χ0) is 12.1. The number of nitrogens with two attached hydrogens (primary N) is 1. The van der Waals surface area contributed by atoms with Crippen LogP contribution in [0.4, 0.5) is 14.9 Å². The molecule has 1 rings (SSSR count). The number of amides is 3. The van der Waals surface area contributed by atoms with Gasteiger partial charge in [0.1, 0.15) is 5.82 Å². The maximum atomic E-state index is 13.2. The van der Waals surface area contributed by atoms with E-state index in [2.05, 4.69) is 5.32 Å². The van der Waals surface area contributed by atoms with Crippen LogP contribution in [0.1, 0.15) is 5.56 Å². The summed E-state index contributed by atoms with van der Waals surface area (Å²) in [5, 5.41) is 4.43. The topological polar surface area (TPSA) is 84.2 Å². The summed E-state index contributed by atoms with van der Waals surface area (Å²) in [5.74, 6) is -1.08. The fourth-order valence-corrected chi connectivity index (χ4v) is 1.13. The van der Waals surface area contributed by atoms with Crippen LogP contribution in [0.15, 0.2) is 18.2 Å². The van der Waals surface area contributed by atoms with Crippen LogP contribution in [0.25, 0.3) is 0 Å². The first kappa shape index (κ1) is 12.0. The highest BCUT2D eigenvalue weighted by molar-refractivity contribution is 5.95. The van der Waals surface area contributed by atoms with Crippen molar-refractivity contribution in [2.24, 2.45) is 5.73 Å². The third kappa shape index (κ3) is 3.56. The molecule has 5 nitrogen and oxygen atoms in total. The lowest BCUT2D eigenvalue weighted by Crippen LogP contribution is -2.38. The number of anilines is 1. The van der Waals surface area contributed by atoms with E-state index in [1.165, 1.54) is 6.07 Å². The van der Waals surface area contributed by atoms with Crippen molar-refractivity contribution in [2.75, 3.05) is 11.9 Å². The minimum atomic E-state index is -0.934. The number of carbonyl (C=O) groups excluding carboxylic acids is 2. The van der Waals surface area contributed by atoms with E-state index in [1.54, 1.807) is 19.1 Å². The molecule has 86 valence electrons. The molecule has 0 fully saturated rings. The summed E-state index contributed by atoms with van der Waals surface area (Å²) >= 11 is 0. The Kier molecular flexibility index (Phi) is 3.82. The smallest absolute Gasteiger partial charge is 0.318 e. The normalized spacial score (nSPS) is 9.62. The zero-order valence-electron chi connectivity index (χ0n) is 8.71. The second-order valence-electron chi connectivity index (χ2n) is 3.25. The molecule has 0 unspecified atom stereocenters. The monoisotopic (exact) mass is 225 g/mol. The Morgan fingerprint density at radius 2 is 2.12 bits per heavy atom. The largest absolute Gasteiger partial charge is 0.374 e. The summed E-state index contributed by atoms with van der Waals surface area (Å²) in [6, 6.07) is 3.54. The maximum Gasteiger partial charge on any atom is 0.318 e. The van der Waals surface area contributed by atoms with Gasteiger partial charge < -0.3 is 11.1 Å². The summed E-state index contributed by atoms with van der Waals surface area (Å²) < 4.78 is 13.2. The number of primary amides is 1. The highest BCUT2D eigenvalue weighted by atomic mass is 19.1. The molecule has 6 heteroatoms. The van der Waals surface area contributed by atoms with E-state index in [9.17, 15) is 14.0 Å². The number of nitrogens with one attached hydrogen (secondary N) is 2. The van der Waals surface area contributed by atoms with Crippen molar-refractivity contribution in [3.8, 4) is 0 Å². The van der Waals surface area contributed by atoms with Crippen LogP contribution in [-0.2, 0) is 4.79 Å². The number of hydrogen-bond donors (Lipinski definition) is 3. The average Bonchev–Trinajstić information content (AvgIpc) is 2.18. The molecule has 3 amide bonds. The SMILES string of the molecule is Cc1ccc(F)c(NCC(=O)NC(N)=O)c1. The number of urea groups is 1. The standard InChI is InChI=1S/C10H12FN3O2/c1-6-2-3-7(11)8(4-6)13-5-9(15)14-10(12)16/h2-4,13H,5H2,1H3,(H3,12,14,15,16). The molecule has 0 radical (unpaired) electrons. The highest BCUT2D eigenvalue weighted by Gasteiger charge is 2.06. The quantitative estimate of drug-likeness (QED) is 0.709. The second-order valence-corrected chi connectivity index (χ2v) is 3.25. The molecule has 0 aliphatic carbocycles. The summed E-state index contributed by atoms with van der Waals surface area (Å²) in [7, 11) is 0. The molecule has 0 heterocycles. The second kappa shape index (κ2) is 5.11. The van der Waals surface area contributed by atoms with E-state index in [0.717, 1.165) is 5.56 Å². The van der Waals surface area contributed by atoms with Crippen LogP contribution >= 0.6 is 0 Å². The average molecular weight is 225 g/mol. The van der Waals surface area contributed by atoms with Gasteiger partial charge in [-0.15, -0.1) is 0 Å². The molecule has 4 N–H and O–H groups in total. The molecule has 0 aliphatic rings. The Bertz CT molecular complexity index is 421. The molecule has 0 aliphatic heterocycles. The van der Waals surface area contributed by atoms with Gasteiger partial charge in [-0.25, -0.2) is 9.18 Å². The molecule has 0 aromatic heterocycles. The van der Waals surface area contributed by atoms with Crippen molar-refractivity contribution in [3.63, 3.8) is 0 Å². The lowest BCUT2D eigenvalue weighted by atomic mass is 10.2. The Labute approximate surface area is 91.8 Å². The number of aryl methyl sites for hydroxylation is 1. The number of imide groups is 1. The lowest BCUT2D eigenvalue weighted by Gasteiger charge is -2.07. The van der Waals surface area contributed by atoms with Gasteiger partial charge in [-0.05, 0) is 24.6 Å². The molecule has 0 saturated heterocycles. The Balaban J connectivity index is 2.57. The van der Waals surface area contributed by atoms with E-state index in [1.807, 2.05) is 5.32 Å². The molecule has 16 heavy (non-hydrogen) atoms. The van der Waals surface area contributed by atoms with Crippen molar-refractivity contribution in [1.29, 1.82) is 0 Å². The fraction of sp³-hybridized carbons (Fsp3) is 0.200. The molecule has 0 bridgehead atoms. The fourth-order valence-electron chi connectivity index (χ4n) is 1.13. The Morgan fingerprint density at radius 3 is 2.75 bits per heavy atom. The summed E-state index contributed by atoms with van der Waals surface area (Å²) in [4.78, 5) is 21.4. The number of hydrogen-bond acceptors (Lipinski definition) is 3. The van der Waals surface area contributed by atoms with Gasteiger partial charge >= 0.3 is 6.03 Å². The molecule has 0 spiro atoms. The van der Waals surface area contributed by atoms with Crippen molar-refractivity contribution in [2.45, 2.75) is 6.92 Å². The Morgan fingerprint density at radius 1 is 1.44 bits per heavy atom. The van der Waals surface area contributed by atoms with Crippen LogP contribution in [0.5, 0.6) is 0 Å². The van der Waals surface area contributed by atoms with E-state index in [-0.39, 0.29) is 12.2 Å². The predicted molar refractivity (Wildman–Crippen MR) is 57.4 cm³/mol. The minimum absolute atomic E-state index is 0.208. The van der Waals surface area contributed by atoms with Gasteiger partial charge in [0, 0.05) is 0 Å². The van der Waals surface area contributed by atoms with E-state index in [0.29, 0.717) is 0 Å². The number of rotatable bonds is 3. The van der Waals surface area contributed by atoms with Crippen LogP contribution in [0.2, 0.25) is 0 Å². The summed E-state index contributed by atoms with van der Waals surface area (Å²) in [6.45, 7) is 1.58. The van der Waals surface area contributed by atoms with Crippen LogP contribution < -0.4 is 16.4 Å². The van der Waals surface area contributed by atoms with Crippen molar-refractivity contribution in [3.05, 3.63) is 29.6 Å². The zero-order valence-corrected chi connectivity index (χ0v) is 8.71. The van der Waals surface area contributed by atoms with Gasteiger partial charge in [0.05, 0.1) is 12.2 Å². The van der Waals surface area contributed by atoms with Gasteiger partial charge in [0.2, 0.25) is 5.91 Å². The van der Waals surface area contributed by atoms with Crippen LogP contribution in [0.3, 0.4) is 0 Å². The maximum absolute atomic E-state index is 13.2. The number of carbonyl (C=O) groups is 2. The molecule has 1 aromatic rings. The minimum Gasteiger partial charge on any atom is -0.374 e. The van der Waals surface area contributed by atoms with Gasteiger partial charge in [0.15, 0.2) is 0 Å². The third-order valence-corrected chi connectivity index (χ3v) is 1.82. The van der Waals surface area contributed by atoms with E-state index < -0.39 is 17.8 Å². The predicted octanol–water partition coefficient (Wildman–Crippen LogP) is 0.741. The molecule has 0 saturated carbocycles. The third-order valence-electron chi connectivity index (χ3n) is 1.82. The highest BCUT2D eigenvalue weighted by Crippen LogP contribution is 2.14. The van der Waals surface area contributed by atoms with Crippen molar-refractivity contribution in [1.82, 2.24) is 5.32 Å². The first-order valence-electron chi connectivity index (χ1n) is 4.58. The van der Waals surface area contributed by atoms with Crippen molar-refractivity contribution >= 4 is 17.6 Å².